The second-order valence-electron chi connectivity index (χ2n) is 5.92. The summed E-state index contributed by atoms with van der Waals surface area (Å²) in [4.78, 5) is 22.7. The fourth-order valence-corrected chi connectivity index (χ4v) is 2.97. The summed E-state index contributed by atoms with van der Waals surface area (Å²) in [5.74, 6) is 0.117. The molecule has 1 atom stereocenters. The van der Waals surface area contributed by atoms with Crippen LogP contribution in [-0.2, 0) is 13.0 Å². The van der Waals surface area contributed by atoms with E-state index in [4.69, 9.17) is 11.6 Å². The van der Waals surface area contributed by atoms with Gasteiger partial charge in [-0.2, -0.15) is 0 Å². The first kappa shape index (κ1) is 17.6. The van der Waals surface area contributed by atoms with E-state index < -0.39 is 11.9 Å². The average molecular weight is 365 g/mol. The van der Waals surface area contributed by atoms with Gasteiger partial charge in [-0.1, -0.05) is 17.7 Å². The molecule has 25 heavy (non-hydrogen) atoms. The van der Waals surface area contributed by atoms with Crippen molar-refractivity contribution in [2.45, 2.75) is 25.9 Å². The Hall–Kier alpha value is -2.25. The molecule has 1 aromatic heterocycles. The minimum atomic E-state index is -0.667. The summed E-state index contributed by atoms with van der Waals surface area (Å²) in [5.41, 5.74) is 2.41. The Bertz CT molecular complexity index is 802. The number of halogens is 2. The van der Waals surface area contributed by atoms with Crippen molar-refractivity contribution in [1.82, 2.24) is 20.2 Å². The third-order valence-electron chi connectivity index (χ3n) is 4.18. The lowest BCUT2D eigenvalue weighted by Crippen LogP contribution is -2.45. The van der Waals surface area contributed by atoms with Crippen molar-refractivity contribution in [3.05, 3.63) is 57.9 Å². The maximum atomic E-state index is 13.3. The molecular formula is C17H18ClFN4O2. The minimum Gasteiger partial charge on any atom is -0.394 e. The third-order valence-corrected chi connectivity index (χ3v) is 4.47. The van der Waals surface area contributed by atoms with E-state index in [0.29, 0.717) is 30.9 Å². The van der Waals surface area contributed by atoms with Crippen LogP contribution < -0.4 is 5.32 Å². The quantitative estimate of drug-likeness (QED) is 0.876. The predicted octanol–water partition coefficient (Wildman–Crippen LogP) is 2.38. The summed E-state index contributed by atoms with van der Waals surface area (Å²) in [6.07, 6.45) is 2.47. The van der Waals surface area contributed by atoms with Crippen LogP contribution >= 0.6 is 11.6 Å². The Morgan fingerprint density at radius 3 is 3.04 bits per heavy atom. The van der Waals surface area contributed by atoms with Crippen LogP contribution in [0.3, 0.4) is 0 Å². The molecule has 0 spiro atoms. The number of aromatic nitrogens is 2. The number of hydrogen-bond donors (Lipinski definition) is 2. The van der Waals surface area contributed by atoms with E-state index in [1.165, 1.54) is 18.2 Å². The zero-order valence-corrected chi connectivity index (χ0v) is 14.4. The molecule has 1 aromatic carbocycles. The number of aryl methyl sites for hydroxylation is 1. The fraction of sp³-hybridized carbons (Fsp3) is 0.353. The Morgan fingerprint density at radius 2 is 2.32 bits per heavy atom. The number of aliphatic hydroxyl groups is 1. The van der Waals surface area contributed by atoms with Gasteiger partial charge in [-0.05, 0) is 36.6 Å². The molecule has 0 saturated heterocycles. The van der Waals surface area contributed by atoms with E-state index >= 15 is 0 Å². The van der Waals surface area contributed by atoms with Crippen molar-refractivity contribution >= 4 is 17.6 Å². The number of carbonyl (C=O) groups is 1. The van der Waals surface area contributed by atoms with Gasteiger partial charge in [0.1, 0.15) is 11.6 Å². The molecule has 132 valence electrons. The monoisotopic (exact) mass is 364 g/mol. The average Bonchev–Trinajstić information content (AvgIpc) is 2.61. The molecule has 6 nitrogen and oxygen atoms in total. The topological polar surface area (TPSA) is 78.4 Å². The van der Waals surface area contributed by atoms with Crippen LogP contribution in [0, 0.1) is 12.7 Å². The van der Waals surface area contributed by atoms with E-state index in [1.54, 1.807) is 18.0 Å². The SMILES string of the molecule is Cc1ncc2c(n1)CN(C(=O)N[C@H](CO)c1ccc(F)c(Cl)c1)CC2. The second kappa shape index (κ2) is 7.33. The predicted molar refractivity (Wildman–Crippen MR) is 90.7 cm³/mol. The summed E-state index contributed by atoms with van der Waals surface area (Å²) in [6.45, 7) is 2.40. The lowest BCUT2D eigenvalue weighted by Gasteiger charge is -2.30. The van der Waals surface area contributed by atoms with Gasteiger partial charge in [-0.25, -0.2) is 19.2 Å². The number of benzene rings is 1. The number of nitrogens with zero attached hydrogens (tertiary/aromatic N) is 3. The van der Waals surface area contributed by atoms with Crippen LogP contribution in [0.25, 0.3) is 0 Å². The van der Waals surface area contributed by atoms with Gasteiger partial charge in [-0.3, -0.25) is 0 Å². The normalized spacial score (nSPS) is 14.8. The molecule has 0 aliphatic carbocycles. The number of rotatable bonds is 3. The number of hydrogen-bond acceptors (Lipinski definition) is 4. The molecule has 1 aliphatic rings. The van der Waals surface area contributed by atoms with Gasteiger partial charge >= 0.3 is 6.03 Å². The standard InChI is InChI=1S/C17H18ClFN4O2/c1-10-20-7-12-4-5-23(8-15(12)21-10)17(25)22-16(9-24)11-2-3-14(19)13(18)6-11/h2-3,6-7,16,24H,4-5,8-9H2,1H3,(H,22,25)/t16-/m1/s1. The molecule has 0 saturated carbocycles. The first-order valence-electron chi connectivity index (χ1n) is 7.90. The van der Waals surface area contributed by atoms with E-state index in [-0.39, 0.29) is 17.7 Å². The van der Waals surface area contributed by atoms with Crippen molar-refractivity contribution < 1.29 is 14.3 Å². The van der Waals surface area contributed by atoms with Crippen LogP contribution in [0.15, 0.2) is 24.4 Å². The minimum absolute atomic E-state index is 0.0516. The van der Waals surface area contributed by atoms with Gasteiger partial charge in [0.25, 0.3) is 0 Å². The van der Waals surface area contributed by atoms with Crippen molar-refractivity contribution in [2.75, 3.05) is 13.2 Å². The van der Waals surface area contributed by atoms with Gasteiger partial charge in [0, 0.05) is 12.7 Å². The molecule has 2 amide bonds. The number of amides is 2. The Kier molecular flexibility index (Phi) is 5.15. The maximum Gasteiger partial charge on any atom is 0.318 e. The van der Waals surface area contributed by atoms with Crippen LogP contribution in [0.4, 0.5) is 9.18 Å². The molecule has 0 unspecified atom stereocenters. The van der Waals surface area contributed by atoms with Crippen LogP contribution in [0.1, 0.15) is 28.7 Å². The van der Waals surface area contributed by atoms with Crippen molar-refractivity contribution in [3.8, 4) is 0 Å². The summed E-state index contributed by atoms with van der Waals surface area (Å²) < 4.78 is 13.3. The number of urea groups is 1. The van der Waals surface area contributed by atoms with E-state index in [0.717, 1.165) is 11.3 Å². The van der Waals surface area contributed by atoms with Gasteiger partial charge in [0.15, 0.2) is 0 Å². The molecule has 3 rings (SSSR count). The Labute approximate surface area is 149 Å². The molecular weight excluding hydrogens is 347 g/mol. The highest BCUT2D eigenvalue weighted by molar-refractivity contribution is 6.30. The zero-order valence-electron chi connectivity index (χ0n) is 13.7. The number of carbonyl (C=O) groups excluding carboxylic acids is 1. The van der Waals surface area contributed by atoms with Crippen molar-refractivity contribution in [1.29, 1.82) is 0 Å². The first-order valence-corrected chi connectivity index (χ1v) is 8.28. The fourth-order valence-electron chi connectivity index (χ4n) is 2.78. The van der Waals surface area contributed by atoms with Crippen LogP contribution in [0.5, 0.6) is 0 Å². The molecule has 0 radical (unpaired) electrons. The lowest BCUT2D eigenvalue weighted by molar-refractivity contribution is 0.176. The van der Waals surface area contributed by atoms with E-state index in [9.17, 15) is 14.3 Å². The highest BCUT2D eigenvalue weighted by atomic mass is 35.5. The van der Waals surface area contributed by atoms with E-state index in [1.807, 2.05) is 0 Å². The van der Waals surface area contributed by atoms with Gasteiger partial charge in [0.05, 0.1) is 29.9 Å². The summed E-state index contributed by atoms with van der Waals surface area (Å²) >= 11 is 5.78. The summed E-state index contributed by atoms with van der Waals surface area (Å²) in [5, 5.41) is 12.3. The summed E-state index contributed by atoms with van der Waals surface area (Å²) in [6, 6.07) is 3.12. The molecule has 2 aromatic rings. The zero-order chi connectivity index (χ0) is 18.0. The largest absolute Gasteiger partial charge is 0.394 e. The Balaban J connectivity index is 1.71. The Morgan fingerprint density at radius 1 is 1.52 bits per heavy atom. The molecule has 2 heterocycles. The number of fused-ring (bicyclic) bond motifs is 1. The van der Waals surface area contributed by atoms with Crippen molar-refractivity contribution in [2.24, 2.45) is 0 Å². The van der Waals surface area contributed by atoms with Gasteiger partial charge < -0.3 is 15.3 Å². The number of aliphatic hydroxyl groups excluding tert-OH is 1. The van der Waals surface area contributed by atoms with Crippen molar-refractivity contribution in [3.63, 3.8) is 0 Å². The molecule has 0 bridgehead atoms. The number of nitrogens with one attached hydrogen (secondary N) is 1. The first-order chi connectivity index (χ1) is 12.0. The second-order valence-corrected chi connectivity index (χ2v) is 6.33. The van der Waals surface area contributed by atoms with Crippen LogP contribution in [0.2, 0.25) is 5.02 Å². The maximum absolute atomic E-state index is 13.3. The highest BCUT2D eigenvalue weighted by Crippen LogP contribution is 2.22. The smallest absolute Gasteiger partial charge is 0.318 e. The molecule has 2 N–H and O–H groups in total. The summed E-state index contributed by atoms with van der Waals surface area (Å²) in [7, 11) is 0. The van der Waals surface area contributed by atoms with Crippen LogP contribution in [-0.4, -0.2) is 39.2 Å². The van der Waals surface area contributed by atoms with E-state index in [2.05, 4.69) is 15.3 Å². The third kappa shape index (κ3) is 3.88. The molecule has 0 fully saturated rings. The van der Waals surface area contributed by atoms with Gasteiger partial charge in [-0.15, -0.1) is 0 Å². The van der Waals surface area contributed by atoms with Gasteiger partial charge in [0.2, 0.25) is 0 Å². The molecule has 8 heteroatoms. The highest BCUT2D eigenvalue weighted by Gasteiger charge is 2.24. The lowest BCUT2D eigenvalue weighted by atomic mass is 10.1. The molecule has 1 aliphatic heterocycles.